The predicted molar refractivity (Wildman–Crippen MR) is 175 cm³/mol. The average Bonchev–Trinajstić information content (AvgIpc) is 3.01. The van der Waals surface area contributed by atoms with Gasteiger partial charge in [-0.2, -0.15) is 0 Å². The van der Waals surface area contributed by atoms with Crippen molar-refractivity contribution >= 4 is 45.7 Å². The Morgan fingerprint density at radius 3 is 2.56 bits per heavy atom. The first-order valence-corrected chi connectivity index (χ1v) is 16.1. The summed E-state index contributed by atoms with van der Waals surface area (Å²) in [5, 5.41) is 6.23. The number of fused-ring (bicyclic) bond motifs is 1. The van der Waals surface area contributed by atoms with Gasteiger partial charge in [-0.3, -0.25) is 9.59 Å². The second kappa shape index (κ2) is 12.1. The highest BCUT2D eigenvalue weighted by Gasteiger charge is 2.21. The van der Waals surface area contributed by atoms with Gasteiger partial charge in [-0.05, 0) is 85.7 Å². The van der Waals surface area contributed by atoms with E-state index in [1.54, 1.807) is 19.3 Å². The highest BCUT2D eigenvalue weighted by Crippen LogP contribution is 2.31. The Labute approximate surface area is 254 Å². The molecular formula is C33H36N6O3S. The van der Waals surface area contributed by atoms with Gasteiger partial charge in [0, 0.05) is 35.7 Å². The Hall–Kier alpha value is -4.28. The van der Waals surface area contributed by atoms with Crippen molar-refractivity contribution < 1.29 is 9.35 Å². The first-order valence-electron chi connectivity index (χ1n) is 14.6. The van der Waals surface area contributed by atoms with Crippen LogP contribution in [0.15, 0.2) is 65.6 Å². The van der Waals surface area contributed by atoms with Crippen LogP contribution in [0.2, 0.25) is 0 Å². The Bertz CT molecular complexity index is 1750. The molecule has 4 N–H and O–H groups in total. The maximum absolute atomic E-state index is 13.2. The molecule has 1 amide bonds. The Kier molecular flexibility index (Phi) is 8.14. The van der Waals surface area contributed by atoms with Gasteiger partial charge in [-0.1, -0.05) is 29.4 Å². The normalized spacial score (nSPS) is 15.2. The van der Waals surface area contributed by atoms with Crippen molar-refractivity contribution in [3.63, 3.8) is 0 Å². The third kappa shape index (κ3) is 6.11. The molecule has 1 saturated heterocycles. The molecule has 9 nitrogen and oxygen atoms in total. The van der Waals surface area contributed by atoms with Crippen LogP contribution in [0.3, 0.4) is 0 Å². The topological polar surface area (TPSA) is 128 Å². The molecule has 0 radical (unpaired) electrons. The summed E-state index contributed by atoms with van der Waals surface area (Å²) < 4.78 is 13.2. The molecule has 1 fully saturated rings. The maximum Gasteiger partial charge on any atom is 0.293 e. The summed E-state index contributed by atoms with van der Waals surface area (Å²) in [6, 6.07) is 17.2. The van der Waals surface area contributed by atoms with E-state index >= 15 is 0 Å². The number of benzene rings is 3. The molecule has 3 aromatic carbocycles. The highest BCUT2D eigenvalue weighted by molar-refractivity contribution is 7.91. The molecule has 0 spiro atoms. The minimum Gasteiger partial charge on any atom is -0.616 e. The number of nitrogens with zero attached hydrogens (tertiary/aromatic N) is 3. The number of rotatable bonds is 6. The second-order valence-electron chi connectivity index (χ2n) is 11.2. The summed E-state index contributed by atoms with van der Waals surface area (Å²) in [6.07, 6.45) is 6.14. The summed E-state index contributed by atoms with van der Waals surface area (Å²) in [7, 11) is 1.69. The van der Waals surface area contributed by atoms with Gasteiger partial charge < -0.3 is 30.4 Å². The minimum atomic E-state index is -0.772. The van der Waals surface area contributed by atoms with Crippen molar-refractivity contribution in [2.45, 2.75) is 32.6 Å². The zero-order valence-corrected chi connectivity index (χ0v) is 25.3. The molecule has 0 saturated carbocycles. The van der Waals surface area contributed by atoms with Crippen LogP contribution < -0.4 is 26.8 Å². The summed E-state index contributed by atoms with van der Waals surface area (Å²) >= 11 is -0.772. The number of aryl methyl sites for hydroxylation is 3. The molecule has 6 rings (SSSR count). The standard InChI is InChI=1S/C33H36N6O3S/c1-21-26(8-5-9-28(21)37-32(40)24-11-10-22-6-3-4-7-23(22)18-24)29-20-38(2)33(41)31(36-29)35-25-12-13-30(27(34)19-25)39-14-16-43(42)17-15-39/h5,8-13,18-20H,3-4,6-7,14-17,34H2,1-2H3,(H,35,36)(H,37,40). The summed E-state index contributed by atoms with van der Waals surface area (Å²) in [6.45, 7) is 3.33. The van der Waals surface area contributed by atoms with Crippen molar-refractivity contribution in [1.82, 2.24) is 9.55 Å². The molecule has 1 aliphatic carbocycles. The molecule has 43 heavy (non-hydrogen) atoms. The lowest BCUT2D eigenvalue weighted by atomic mass is 9.90. The molecule has 0 unspecified atom stereocenters. The summed E-state index contributed by atoms with van der Waals surface area (Å²) in [4.78, 5) is 33.1. The van der Waals surface area contributed by atoms with Crippen LogP contribution in [-0.4, -0.2) is 44.6 Å². The fourth-order valence-corrected chi connectivity index (χ4v) is 6.92. The fourth-order valence-electron chi connectivity index (χ4n) is 5.87. The highest BCUT2D eigenvalue weighted by atomic mass is 32.2. The Balaban J connectivity index is 1.24. The smallest absolute Gasteiger partial charge is 0.293 e. The molecule has 1 aliphatic heterocycles. The Morgan fingerprint density at radius 2 is 1.79 bits per heavy atom. The van der Waals surface area contributed by atoms with Crippen molar-refractivity contribution in [2.75, 3.05) is 45.9 Å². The molecule has 2 heterocycles. The zero-order chi connectivity index (χ0) is 30.1. The van der Waals surface area contributed by atoms with E-state index in [4.69, 9.17) is 10.7 Å². The van der Waals surface area contributed by atoms with Crippen LogP contribution in [0.4, 0.5) is 28.6 Å². The van der Waals surface area contributed by atoms with Crippen molar-refractivity contribution in [2.24, 2.45) is 7.05 Å². The number of anilines is 5. The van der Waals surface area contributed by atoms with Gasteiger partial charge in [0.2, 0.25) is 0 Å². The molecule has 10 heteroatoms. The first-order chi connectivity index (χ1) is 20.8. The van der Waals surface area contributed by atoms with E-state index in [2.05, 4.69) is 21.6 Å². The number of nitrogens with one attached hydrogen (secondary N) is 2. The van der Waals surface area contributed by atoms with E-state index in [1.165, 1.54) is 22.1 Å². The number of nitrogen functional groups attached to an aromatic ring is 1. The number of aromatic nitrogens is 2. The number of carbonyl (C=O) groups excluding carboxylic acids is 1. The third-order valence-corrected chi connectivity index (χ3v) is 9.62. The predicted octanol–water partition coefficient (Wildman–Crippen LogP) is 4.78. The number of hydrogen-bond acceptors (Lipinski definition) is 7. The van der Waals surface area contributed by atoms with Crippen LogP contribution in [-0.2, 0) is 31.1 Å². The van der Waals surface area contributed by atoms with Crippen LogP contribution in [0.25, 0.3) is 11.3 Å². The SMILES string of the molecule is Cc1c(NC(=O)c2ccc3c(c2)CCCC3)cccc1-c1cn(C)c(=O)c(Nc2ccc(N3CC[S+]([O-])CC3)c(N)c2)n1. The first kappa shape index (κ1) is 28.8. The van der Waals surface area contributed by atoms with Crippen molar-refractivity contribution in [3.05, 3.63) is 93.4 Å². The molecule has 4 aromatic rings. The second-order valence-corrected chi connectivity index (χ2v) is 12.9. The van der Waals surface area contributed by atoms with Crippen LogP contribution >= 0.6 is 0 Å². The molecule has 222 valence electrons. The zero-order valence-electron chi connectivity index (χ0n) is 24.5. The lowest BCUT2D eigenvalue weighted by molar-refractivity contribution is 0.102. The van der Waals surface area contributed by atoms with Crippen LogP contribution in [0, 0.1) is 6.92 Å². The maximum atomic E-state index is 13.2. The van der Waals surface area contributed by atoms with Gasteiger partial charge in [0.25, 0.3) is 11.5 Å². The molecule has 0 bridgehead atoms. The van der Waals surface area contributed by atoms with E-state index in [-0.39, 0.29) is 17.3 Å². The third-order valence-electron chi connectivity index (χ3n) is 8.35. The van der Waals surface area contributed by atoms with Gasteiger partial charge in [-0.15, -0.1) is 0 Å². The van der Waals surface area contributed by atoms with E-state index in [0.29, 0.717) is 52.9 Å². The van der Waals surface area contributed by atoms with Crippen molar-refractivity contribution in [3.8, 4) is 11.3 Å². The van der Waals surface area contributed by atoms with Gasteiger partial charge >= 0.3 is 0 Å². The lowest BCUT2D eigenvalue weighted by Crippen LogP contribution is -2.40. The van der Waals surface area contributed by atoms with Crippen LogP contribution in [0.5, 0.6) is 0 Å². The molecule has 2 aliphatic rings. The van der Waals surface area contributed by atoms with Gasteiger partial charge in [0.15, 0.2) is 5.82 Å². The molecule has 0 atom stereocenters. The summed E-state index contributed by atoms with van der Waals surface area (Å²) in [5.74, 6) is 1.28. The van der Waals surface area contributed by atoms with E-state index < -0.39 is 11.2 Å². The van der Waals surface area contributed by atoms with Gasteiger partial charge in [0.1, 0.15) is 11.5 Å². The number of amides is 1. The van der Waals surface area contributed by atoms with E-state index in [9.17, 15) is 14.1 Å². The molecular weight excluding hydrogens is 560 g/mol. The number of carbonyl (C=O) groups is 1. The molecule has 1 aromatic heterocycles. The minimum absolute atomic E-state index is 0.150. The quantitative estimate of drug-likeness (QED) is 0.216. The lowest BCUT2D eigenvalue weighted by Gasteiger charge is -2.30. The Morgan fingerprint density at radius 1 is 1.02 bits per heavy atom. The van der Waals surface area contributed by atoms with Crippen molar-refractivity contribution in [1.29, 1.82) is 0 Å². The van der Waals surface area contributed by atoms with Crippen LogP contribution in [0.1, 0.15) is 39.9 Å². The van der Waals surface area contributed by atoms with Gasteiger partial charge in [-0.25, -0.2) is 4.98 Å². The van der Waals surface area contributed by atoms with Gasteiger partial charge in [0.05, 0.1) is 30.2 Å². The fraction of sp³-hybridized carbons (Fsp3) is 0.303. The van der Waals surface area contributed by atoms with E-state index in [0.717, 1.165) is 36.1 Å². The van der Waals surface area contributed by atoms with E-state index in [1.807, 2.05) is 49.4 Å². The largest absolute Gasteiger partial charge is 0.616 e. The number of nitrogens with two attached hydrogens (primary N) is 1. The number of hydrogen-bond donors (Lipinski definition) is 3. The summed E-state index contributed by atoms with van der Waals surface area (Å²) in [5.41, 5.74) is 14.4. The monoisotopic (exact) mass is 596 g/mol. The average molecular weight is 597 g/mol.